The van der Waals surface area contributed by atoms with Gasteiger partial charge in [0.25, 0.3) is 0 Å². The van der Waals surface area contributed by atoms with E-state index in [9.17, 15) is 19.2 Å². The van der Waals surface area contributed by atoms with Crippen LogP contribution in [-0.2, 0) is 15.0 Å². The molecule has 2 aliphatic heterocycles. The van der Waals surface area contributed by atoms with Gasteiger partial charge in [-0.3, -0.25) is 14.5 Å². The van der Waals surface area contributed by atoms with Crippen molar-refractivity contribution in [2.24, 2.45) is 5.73 Å². The quantitative estimate of drug-likeness (QED) is 0.714. The molecule has 160 valence electrons. The van der Waals surface area contributed by atoms with Gasteiger partial charge in [0.05, 0.1) is 10.6 Å². The lowest BCUT2D eigenvalue weighted by molar-refractivity contribution is -0.124. The summed E-state index contributed by atoms with van der Waals surface area (Å²) < 4.78 is 13.8. The van der Waals surface area contributed by atoms with E-state index in [4.69, 9.17) is 17.3 Å². The molecule has 0 saturated heterocycles. The van der Waals surface area contributed by atoms with Gasteiger partial charge in [-0.1, -0.05) is 29.8 Å². The monoisotopic (exact) mass is 448 g/mol. The molecule has 0 saturated carbocycles. The third-order valence-corrected chi connectivity index (χ3v) is 6.76. The van der Waals surface area contributed by atoms with Crippen molar-refractivity contribution in [2.45, 2.75) is 24.7 Å². The van der Waals surface area contributed by atoms with Crippen LogP contribution in [0, 0.1) is 17.1 Å². The summed E-state index contributed by atoms with van der Waals surface area (Å²) in [6, 6.07) is 13.3. The van der Waals surface area contributed by atoms with Crippen LogP contribution in [0.3, 0.4) is 0 Å². The lowest BCUT2D eigenvalue weighted by Crippen LogP contribution is -2.52. The second kappa shape index (κ2) is 6.94. The van der Waals surface area contributed by atoms with E-state index in [-0.39, 0.29) is 34.2 Å². The zero-order valence-corrected chi connectivity index (χ0v) is 17.9. The molecule has 1 amide bonds. The fraction of sp³-hybridized carbons (Fsp3) is 0.208. The van der Waals surface area contributed by atoms with Crippen LogP contribution in [0.25, 0.3) is 0 Å². The van der Waals surface area contributed by atoms with Crippen LogP contribution < -0.4 is 15.5 Å². The van der Waals surface area contributed by atoms with Gasteiger partial charge in [-0.05, 0) is 37.1 Å². The summed E-state index contributed by atoms with van der Waals surface area (Å²) in [5.74, 6) is -1.16. The third-order valence-electron chi connectivity index (χ3n) is 6.47. The summed E-state index contributed by atoms with van der Waals surface area (Å²) in [5.41, 5.74) is 7.35. The van der Waals surface area contributed by atoms with Crippen molar-refractivity contribution in [2.75, 3.05) is 16.8 Å². The molecule has 2 aromatic rings. The number of amides is 1. The number of nitrogens with zero attached hydrogens (tertiary/aromatic N) is 3. The fourth-order valence-electron chi connectivity index (χ4n) is 5.15. The SMILES string of the molecule is CN1C(=O)C2(C(C#N)=C(N)N(c3ccc(F)c(Cl)c3)C3=C2C(=O)CCC3)c2ccccc21. The topological polar surface area (TPSA) is 90.4 Å². The smallest absolute Gasteiger partial charge is 0.247 e. The summed E-state index contributed by atoms with van der Waals surface area (Å²) in [6.07, 6.45) is 1.30. The largest absolute Gasteiger partial charge is 0.384 e. The molecule has 0 radical (unpaired) electrons. The molecular weight excluding hydrogens is 431 g/mol. The molecule has 5 rings (SSSR count). The van der Waals surface area contributed by atoms with Gasteiger partial charge in [0.1, 0.15) is 23.1 Å². The molecule has 0 fully saturated rings. The number of likely N-dealkylation sites (N-methyl/N-ethyl adjacent to an activating group) is 1. The van der Waals surface area contributed by atoms with Crippen LogP contribution in [0.2, 0.25) is 5.02 Å². The number of nitrogens with two attached hydrogens (primary N) is 1. The van der Waals surface area contributed by atoms with Crippen LogP contribution in [0.5, 0.6) is 0 Å². The van der Waals surface area contributed by atoms with Crippen LogP contribution >= 0.6 is 11.6 Å². The van der Waals surface area contributed by atoms with E-state index in [1.54, 1.807) is 36.2 Å². The van der Waals surface area contributed by atoms with Gasteiger partial charge in [0.15, 0.2) is 5.78 Å². The van der Waals surface area contributed by atoms with Gasteiger partial charge in [-0.15, -0.1) is 0 Å². The molecule has 2 N–H and O–H groups in total. The number of benzene rings is 2. The number of allylic oxidation sites excluding steroid dienone is 1. The minimum Gasteiger partial charge on any atom is -0.384 e. The Balaban J connectivity index is 1.89. The maximum absolute atomic E-state index is 13.8. The van der Waals surface area contributed by atoms with Crippen molar-refractivity contribution in [3.63, 3.8) is 0 Å². The molecule has 32 heavy (non-hydrogen) atoms. The summed E-state index contributed by atoms with van der Waals surface area (Å²) >= 11 is 6.02. The first-order valence-corrected chi connectivity index (χ1v) is 10.5. The van der Waals surface area contributed by atoms with E-state index >= 15 is 0 Å². The van der Waals surface area contributed by atoms with E-state index in [1.807, 2.05) is 0 Å². The number of Topliss-reactive ketones (excluding diaryl/α,β-unsaturated/α-hetero) is 1. The number of nitriles is 1. The van der Waals surface area contributed by atoms with Crippen LogP contribution in [0.15, 0.2) is 65.1 Å². The van der Waals surface area contributed by atoms with Gasteiger partial charge in [-0.2, -0.15) is 5.26 Å². The number of ketones is 1. The average molecular weight is 449 g/mol. The van der Waals surface area contributed by atoms with Gasteiger partial charge in [-0.25, -0.2) is 4.39 Å². The standard InChI is InChI=1S/C24H18ClFN4O2/c1-29-18-6-3-2-5-14(18)24(23(29)32)15(12-27)22(28)30(13-9-10-17(26)16(25)11-13)19-7-4-8-20(31)21(19)24/h2-3,5-6,9-11H,4,7-8,28H2,1H3. The number of rotatable bonds is 1. The maximum Gasteiger partial charge on any atom is 0.247 e. The lowest BCUT2D eigenvalue weighted by Gasteiger charge is -2.43. The highest BCUT2D eigenvalue weighted by Crippen LogP contribution is 2.56. The number of hydrogen-bond acceptors (Lipinski definition) is 5. The molecule has 0 aromatic heterocycles. The summed E-state index contributed by atoms with van der Waals surface area (Å²) in [4.78, 5) is 30.2. The predicted molar refractivity (Wildman–Crippen MR) is 118 cm³/mol. The molecule has 1 spiro atoms. The van der Waals surface area contributed by atoms with Crippen molar-refractivity contribution < 1.29 is 14.0 Å². The Bertz CT molecular complexity index is 1330. The number of hydrogen-bond donors (Lipinski definition) is 1. The first-order valence-electron chi connectivity index (χ1n) is 10.1. The Labute approximate surface area is 189 Å². The van der Waals surface area contributed by atoms with Crippen LogP contribution in [0.4, 0.5) is 15.8 Å². The normalized spacial score (nSPS) is 22.4. The first kappa shape index (κ1) is 20.3. The number of carbonyl (C=O) groups is 2. The molecule has 2 heterocycles. The average Bonchev–Trinajstić information content (AvgIpc) is 2.99. The van der Waals surface area contributed by atoms with E-state index in [1.165, 1.54) is 23.1 Å². The zero-order chi connectivity index (χ0) is 22.8. The minimum absolute atomic E-state index is 0.0197. The molecule has 1 atom stereocenters. The van der Waals surface area contributed by atoms with Crippen LogP contribution in [-0.4, -0.2) is 18.7 Å². The first-order chi connectivity index (χ1) is 15.3. The number of fused-ring (bicyclic) bond motifs is 3. The van der Waals surface area contributed by atoms with Gasteiger partial charge in [0, 0.05) is 41.7 Å². The second-order valence-corrected chi connectivity index (χ2v) is 8.44. The Morgan fingerprint density at radius 1 is 1.19 bits per heavy atom. The maximum atomic E-state index is 13.8. The Morgan fingerprint density at radius 3 is 2.66 bits per heavy atom. The molecule has 3 aliphatic rings. The van der Waals surface area contributed by atoms with Gasteiger partial charge < -0.3 is 10.6 Å². The minimum atomic E-state index is -1.60. The van der Waals surface area contributed by atoms with Crippen molar-refractivity contribution >= 4 is 34.7 Å². The number of carbonyl (C=O) groups excluding carboxylic acids is 2. The Hall–Kier alpha value is -3.63. The highest BCUT2D eigenvalue weighted by atomic mass is 35.5. The molecule has 8 heteroatoms. The van der Waals surface area contributed by atoms with Crippen molar-refractivity contribution in [3.8, 4) is 6.07 Å². The van der Waals surface area contributed by atoms with E-state index in [0.29, 0.717) is 35.5 Å². The van der Waals surface area contributed by atoms with Crippen molar-refractivity contribution in [3.05, 3.63) is 81.5 Å². The molecule has 1 aliphatic carbocycles. The van der Waals surface area contributed by atoms with E-state index in [2.05, 4.69) is 6.07 Å². The molecule has 6 nitrogen and oxygen atoms in total. The number of halogens is 2. The van der Waals surface area contributed by atoms with E-state index < -0.39 is 17.1 Å². The summed E-state index contributed by atoms with van der Waals surface area (Å²) in [7, 11) is 1.63. The van der Waals surface area contributed by atoms with Gasteiger partial charge in [0.2, 0.25) is 5.91 Å². The molecule has 0 bridgehead atoms. The lowest BCUT2D eigenvalue weighted by atomic mass is 9.64. The second-order valence-electron chi connectivity index (χ2n) is 8.04. The molecular formula is C24H18ClFN4O2. The highest BCUT2D eigenvalue weighted by molar-refractivity contribution is 6.31. The zero-order valence-electron chi connectivity index (χ0n) is 17.2. The number of anilines is 2. The summed E-state index contributed by atoms with van der Waals surface area (Å²) in [6.45, 7) is 0. The number of para-hydroxylation sites is 1. The van der Waals surface area contributed by atoms with Crippen LogP contribution in [0.1, 0.15) is 24.8 Å². The van der Waals surface area contributed by atoms with E-state index in [0.717, 1.165) is 0 Å². The third kappa shape index (κ3) is 2.38. The summed E-state index contributed by atoms with van der Waals surface area (Å²) in [5, 5.41) is 10.1. The Morgan fingerprint density at radius 2 is 1.94 bits per heavy atom. The highest BCUT2D eigenvalue weighted by Gasteiger charge is 2.61. The van der Waals surface area contributed by atoms with Crippen molar-refractivity contribution in [1.29, 1.82) is 5.26 Å². The van der Waals surface area contributed by atoms with Crippen molar-refractivity contribution in [1.82, 2.24) is 0 Å². The molecule has 2 aromatic carbocycles. The van der Waals surface area contributed by atoms with Gasteiger partial charge >= 0.3 is 0 Å². The fourth-order valence-corrected chi connectivity index (χ4v) is 5.33. The predicted octanol–water partition coefficient (Wildman–Crippen LogP) is 3.91. The Kier molecular flexibility index (Phi) is 4.40. The molecule has 1 unspecified atom stereocenters.